The molecule has 1 unspecified atom stereocenters. The number of aromatic nitrogens is 1. The number of nitrogens with one attached hydrogen (secondary N) is 1. The third-order valence-corrected chi connectivity index (χ3v) is 4.67. The molecule has 4 rings (SSSR count). The molecule has 1 aliphatic heterocycles. The van der Waals surface area contributed by atoms with Gasteiger partial charge >= 0.3 is 5.97 Å². The number of benzene rings is 2. The van der Waals surface area contributed by atoms with Crippen LogP contribution in [0.2, 0.25) is 0 Å². The summed E-state index contributed by atoms with van der Waals surface area (Å²) in [6, 6.07) is 13.1. The zero-order valence-corrected chi connectivity index (χ0v) is 15.0. The van der Waals surface area contributed by atoms with Gasteiger partial charge in [0.25, 0.3) is 11.8 Å². The van der Waals surface area contributed by atoms with Crippen LogP contribution in [0.1, 0.15) is 39.2 Å². The van der Waals surface area contributed by atoms with Crippen molar-refractivity contribution in [3.63, 3.8) is 0 Å². The number of imide groups is 1. The number of carbonyl (C=O) groups is 3. The second-order valence-corrected chi connectivity index (χ2v) is 6.31. The summed E-state index contributed by atoms with van der Waals surface area (Å²) in [7, 11) is 0. The number of rotatable bonds is 4. The first-order valence-electron chi connectivity index (χ1n) is 8.78. The first kappa shape index (κ1) is 17.7. The number of nitrogens with zero attached hydrogens (tertiary/aromatic N) is 1. The smallest absolute Gasteiger partial charge is 0.334 e. The maximum Gasteiger partial charge on any atom is 0.334 e. The van der Waals surface area contributed by atoms with E-state index in [-0.39, 0.29) is 23.3 Å². The van der Waals surface area contributed by atoms with E-state index < -0.39 is 29.4 Å². The van der Waals surface area contributed by atoms with E-state index in [1.165, 1.54) is 18.2 Å². The Kier molecular flexibility index (Phi) is 4.27. The van der Waals surface area contributed by atoms with Crippen LogP contribution in [0.3, 0.4) is 0 Å². The third-order valence-electron chi connectivity index (χ3n) is 4.67. The molecular weight excluding hydrogens is 360 g/mol. The quantitative estimate of drug-likeness (QED) is 0.557. The van der Waals surface area contributed by atoms with E-state index in [9.17, 15) is 19.2 Å². The number of pyridine rings is 1. The number of ether oxygens (including phenoxy) is 1. The number of H-pyrrole nitrogens is 1. The van der Waals surface area contributed by atoms with Gasteiger partial charge in [0.15, 0.2) is 6.04 Å². The summed E-state index contributed by atoms with van der Waals surface area (Å²) in [4.78, 5) is 54.5. The molecule has 2 aromatic carbocycles. The minimum atomic E-state index is -1.36. The topological polar surface area (TPSA) is 96.5 Å². The highest BCUT2D eigenvalue weighted by Crippen LogP contribution is 2.34. The molecule has 28 heavy (non-hydrogen) atoms. The predicted molar refractivity (Wildman–Crippen MR) is 101 cm³/mol. The largest absolute Gasteiger partial charge is 0.464 e. The van der Waals surface area contributed by atoms with Gasteiger partial charge in [-0.25, -0.2) is 4.79 Å². The Labute approximate surface area is 159 Å². The van der Waals surface area contributed by atoms with E-state index in [1.807, 2.05) is 0 Å². The monoisotopic (exact) mass is 376 g/mol. The van der Waals surface area contributed by atoms with Crippen molar-refractivity contribution in [3.05, 3.63) is 81.6 Å². The number of aromatic amines is 1. The van der Waals surface area contributed by atoms with Gasteiger partial charge in [-0.1, -0.05) is 30.3 Å². The first-order valence-corrected chi connectivity index (χ1v) is 8.78. The lowest BCUT2D eigenvalue weighted by Crippen LogP contribution is -2.40. The van der Waals surface area contributed by atoms with Crippen molar-refractivity contribution in [1.82, 2.24) is 9.88 Å². The maximum atomic E-state index is 13.0. The van der Waals surface area contributed by atoms with Gasteiger partial charge in [0.1, 0.15) is 0 Å². The molecule has 7 heteroatoms. The molecular formula is C21H16N2O5. The lowest BCUT2D eigenvalue weighted by Gasteiger charge is -2.25. The maximum absolute atomic E-state index is 13.0. The molecule has 7 nitrogen and oxygen atoms in total. The number of hydrogen-bond acceptors (Lipinski definition) is 5. The Morgan fingerprint density at radius 3 is 2.25 bits per heavy atom. The Hall–Kier alpha value is -3.74. The van der Waals surface area contributed by atoms with Crippen LogP contribution < -0.4 is 5.56 Å². The lowest BCUT2D eigenvalue weighted by molar-refractivity contribution is -0.148. The summed E-state index contributed by atoms with van der Waals surface area (Å²) in [5, 5.41) is 0.553. The van der Waals surface area contributed by atoms with Crippen molar-refractivity contribution < 1.29 is 19.1 Å². The molecule has 0 fully saturated rings. The second kappa shape index (κ2) is 6.77. The van der Waals surface area contributed by atoms with Crippen LogP contribution in [-0.4, -0.2) is 34.3 Å². The molecule has 0 aliphatic carbocycles. The van der Waals surface area contributed by atoms with E-state index in [4.69, 9.17) is 4.74 Å². The van der Waals surface area contributed by atoms with Gasteiger partial charge in [-0.15, -0.1) is 0 Å². The minimum Gasteiger partial charge on any atom is -0.464 e. The molecule has 0 saturated carbocycles. The van der Waals surface area contributed by atoms with Gasteiger partial charge in [-0.3, -0.25) is 19.3 Å². The normalized spacial score (nSPS) is 14.2. The molecule has 1 N–H and O–H groups in total. The highest BCUT2D eigenvalue weighted by molar-refractivity contribution is 6.23. The minimum absolute atomic E-state index is 0.0691. The second-order valence-electron chi connectivity index (χ2n) is 6.31. The summed E-state index contributed by atoms with van der Waals surface area (Å²) < 4.78 is 5.16. The van der Waals surface area contributed by atoms with Gasteiger partial charge in [-0.2, -0.15) is 0 Å². The summed E-state index contributed by atoms with van der Waals surface area (Å²) in [5.74, 6) is -1.96. The van der Waals surface area contributed by atoms with Gasteiger partial charge in [0, 0.05) is 22.5 Å². The highest BCUT2D eigenvalue weighted by Gasteiger charge is 2.44. The van der Waals surface area contributed by atoms with Crippen molar-refractivity contribution in [1.29, 1.82) is 0 Å². The summed E-state index contributed by atoms with van der Waals surface area (Å²) in [5.41, 5.74) is 0.731. The summed E-state index contributed by atoms with van der Waals surface area (Å²) >= 11 is 0. The number of hydrogen-bond donors (Lipinski definition) is 1. The van der Waals surface area contributed by atoms with Crippen LogP contribution in [0.25, 0.3) is 10.9 Å². The van der Waals surface area contributed by atoms with Crippen molar-refractivity contribution in [2.45, 2.75) is 13.0 Å². The number of para-hydroxylation sites is 1. The molecule has 0 spiro atoms. The molecule has 0 saturated heterocycles. The lowest BCUT2D eigenvalue weighted by atomic mass is 10.0. The van der Waals surface area contributed by atoms with Gasteiger partial charge < -0.3 is 9.72 Å². The summed E-state index contributed by atoms with van der Waals surface area (Å²) in [6.45, 7) is 1.70. The number of fused-ring (bicyclic) bond motifs is 2. The molecule has 1 atom stereocenters. The Morgan fingerprint density at radius 1 is 1.00 bits per heavy atom. The standard InChI is InChI=1S/C21H16N2O5/c1-2-28-21(27)18(15-11-17(24)22-16-10-6-5-7-12(15)16)23-19(25)13-8-3-4-9-14(13)20(23)26/h3-11,18H,2H2,1H3,(H,22,24). The van der Waals surface area contributed by atoms with Crippen LogP contribution >= 0.6 is 0 Å². The Morgan fingerprint density at radius 2 is 1.61 bits per heavy atom. The van der Waals surface area contributed by atoms with E-state index in [0.29, 0.717) is 10.9 Å². The van der Waals surface area contributed by atoms with Gasteiger partial charge in [0.2, 0.25) is 5.56 Å². The van der Waals surface area contributed by atoms with Crippen LogP contribution in [0.5, 0.6) is 0 Å². The zero-order chi connectivity index (χ0) is 19.8. The summed E-state index contributed by atoms with van der Waals surface area (Å²) in [6.07, 6.45) is 0. The van der Waals surface area contributed by atoms with Crippen molar-refractivity contribution in [2.24, 2.45) is 0 Å². The molecule has 1 aliphatic rings. The molecule has 0 radical (unpaired) electrons. The van der Waals surface area contributed by atoms with E-state index >= 15 is 0 Å². The van der Waals surface area contributed by atoms with E-state index in [0.717, 1.165) is 4.90 Å². The Bertz CT molecular complexity index is 1150. The first-order chi connectivity index (χ1) is 13.5. The van der Waals surface area contributed by atoms with E-state index in [2.05, 4.69) is 4.98 Å². The van der Waals surface area contributed by atoms with Crippen molar-refractivity contribution in [2.75, 3.05) is 6.61 Å². The highest BCUT2D eigenvalue weighted by atomic mass is 16.5. The van der Waals surface area contributed by atoms with Crippen LogP contribution in [0.15, 0.2) is 59.4 Å². The van der Waals surface area contributed by atoms with Crippen LogP contribution in [-0.2, 0) is 9.53 Å². The Balaban J connectivity index is 1.94. The zero-order valence-electron chi connectivity index (χ0n) is 15.0. The fraction of sp³-hybridized carbons (Fsp3) is 0.143. The fourth-order valence-electron chi connectivity index (χ4n) is 3.49. The number of esters is 1. The van der Waals surface area contributed by atoms with Crippen molar-refractivity contribution in [3.8, 4) is 0 Å². The predicted octanol–water partition coefficient (Wildman–Crippen LogP) is 2.43. The fourth-order valence-corrected chi connectivity index (χ4v) is 3.49. The molecule has 3 aromatic rings. The SMILES string of the molecule is CCOC(=O)C(c1cc(=O)[nH]c2ccccc12)N1C(=O)c2ccccc2C1=O. The number of carbonyl (C=O) groups excluding carboxylic acids is 3. The average molecular weight is 376 g/mol. The average Bonchev–Trinajstić information content (AvgIpc) is 2.94. The molecule has 1 aromatic heterocycles. The van der Waals surface area contributed by atoms with Gasteiger partial charge in [0.05, 0.1) is 17.7 Å². The third kappa shape index (κ3) is 2.68. The number of amides is 2. The van der Waals surface area contributed by atoms with Crippen LogP contribution in [0, 0.1) is 0 Å². The van der Waals surface area contributed by atoms with Crippen molar-refractivity contribution >= 4 is 28.7 Å². The molecule has 2 heterocycles. The molecule has 0 bridgehead atoms. The molecule has 140 valence electrons. The van der Waals surface area contributed by atoms with E-state index in [1.54, 1.807) is 43.3 Å². The molecule has 2 amide bonds. The van der Waals surface area contributed by atoms with Crippen LogP contribution in [0.4, 0.5) is 0 Å². The van der Waals surface area contributed by atoms with Gasteiger partial charge in [-0.05, 0) is 25.1 Å².